The number of ether oxygens (including phenoxy) is 2. The zero-order chi connectivity index (χ0) is 18.5. The number of nitrogens with zero attached hydrogens (tertiary/aromatic N) is 2. The van der Waals surface area contributed by atoms with Gasteiger partial charge in [-0.3, -0.25) is 4.79 Å². The quantitative estimate of drug-likeness (QED) is 0.730. The van der Waals surface area contributed by atoms with Gasteiger partial charge in [0, 0.05) is 18.2 Å². The highest BCUT2D eigenvalue weighted by Crippen LogP contribution is 2.22. The average Bonchev–Trinajstić information content (AvgIpc) is 3.16. The number of halogens is 1. The van der Waals surface area contributed by atoms with E-state index in [2.05, 4.69) is 15.5 Å². The standard InChI is InChI=1S/C18H16FN3O4/c1-24-14-7-11(8-15(9-14)25-2)10-20-17(23)18-21-16(22-26-18)12-3-5-13(19)6-4-12/h3-9H,10H2,1-2H3,(H,20,23). The van der Waals surface area contributed by atoms with Crippen molar-refractivity contribution >= 4 is 5.91 Å². The molecule has 0 unspecified atom stereocenters. The van der Waals surface area contributed by atoms with E-state index in [1.54, 1.807) is 32.4 Å². The summed E-state index contributed by atoms with van der Waals surface area (Å²) >= 11 is 0. The van der Waals surface area contributed by atoms with Crippen molar-refractivity contribution in [2.45, 2.75) is 6.54 Å². The van der Waals surface area contributed by atoms with Crippen molar-refractivity contribution < 1.29 is 23.2 Å². The molecular weight excluding hydrogens is 341 g/mol. The molecule has 0 spiro atoms. The lowest BCUT2D eigenvalue weighted by Gasteiger charge is -2.08. The van der Waals surface area contributed by atoms with Crippen molar-refractivity contribution in [2.75, 3.05) is 14.2 Å². The van der Waals surface area contributed by atoms with Crippen LogP contribution >= 0.6 is 0 Å². The van der Waals surface area contributed by atoms with Gasteiger partial charge in [0.2, 0.25) is 5.82 Å². The Morgan fingerprint density at radius 2 is 1.77 bits per heavy atom. The summed E-state index contributed by atoms with van der Waals surface area (Å²) in [6.45, 7) is 0.223. The lowest BCUT2D eigenvalue weighted by Crippen LogP contribution is -2.23. The summed E-state index contributed by atoms with van der Waals surface area (Å²) in [5, 5.41) is 6.42. The summed E-state index contributed by atoms with van der Waals surface area (Å²) in [6.07, 6.45) is 0. The highest BCUT2D eigenvalue weighted by Gasteiger charge is 2.16. The van der Waals surface area contributed by atoms with E-state index in [1.165, 1.54) is 24.3 Å². The summed E-state index contributed by atoms with van der Waals surface area (Å²) in [5.74, 6) is 0.365. The maximum Gasteiger partial charge on any atom is 0.316 e. The third kappa shape index (κ3) is 3.97. The van der Waals surface area contributed by atoms with Crippen molar-refractivity contribution in [2.24, 2.45) is 0 Å². The summed E-state index contributed by atoms with van der Waals surface area (Å²) in [7, 11) is 3.10. The third-order valence-corrected chi connectivity index (χ3v) is 3.59. The molecule has 3 aromatic rings. The number of carbonyl (C=O) groups is 1. The van der Waals surface area contributed by atoms with Crippen LogP contribution in [0.2, 0.25) is 0 Å². The molecule has 0 fully saturated rings. The second-order valence-electron chi connectivity index (χ2n) is 5.33. The van der Waals surface area contributed by atoms with Gasteiger partial charge in [-0.15, -0.1) is 0 Å². The fraction of sp³-hybridized carbons (Fsp3) is 0.167. The number of hydrogen-bond donors (Lipinski definition) is 1. The monoisotopic (exact) mass is 357 g/mol. The minimum atomic E-state index is -0.521. The number of carbonyl (C=O) groups excluding carboxylic acids is 1. The van der Waals surface area contributed by atoms with Crippen LogP contribution in [0.4, 0.5) is 4.39 Å². The minimum Gasteiger partial charge on any atom is -0.497 e. The first-order valence-corrected chi connectivity index (χ1v) is 7.69. The lowest BCUT2D eigenvalue weighted by atomic mass is 10.2. The molecule has 0 radical (unpaired) electrons. The van der Waals surface area contributed by atoms with Gasteiger partial charge in [0.15, 0.2) is 0 Å². The third-order valence-electron chi connectivity index (χ3n) is 3.59. The van der Waals surface area contributed by atoms with Gasteiger partial charge < -0.3 is 19.3 Å². The second-order valence-corrected chi connectivity index (χ2v) is 5.33. The summed E-state index contributed by atoms with van der Waals surface area (Å²) < 4.78 is 28.3. The first-order chi connectivity index (χ1) is 12.6. The van der Waals surface area contributed by atoms with Gasteiger partial charge in [-0.05, 0) is 42.0 Å². The van der Waals surface area contributed by atoms with Crippen LogP contribution in [0.1, 0.15) is 16.2 Å². The zero-order valence-electron chi connectivity index (χ0n) is 14.2. The zero-order valence-corrected chi connectivity index (χ0v) is 14.2. The maximum absolute atomic E-state index is 13.0. The van der Waals surface area contributed by atoms with Crippen LogP contribution in [0.25, 0.3) is 11.4 Å². The highest BCUT2D eigenvalue weighted by molar-refractivity contribution is 5.89. The number of hydrogen-bond acceptors (Lipinski definition) is 6. The summed E-state index contributed by atoms with van der Waals surface area (Å²) in [5.41, 5.74) is 1.33. The minimum absolute atomic E-state index is 0.181. The van der Waals surface area contributed by atoms with Crippen molar-refractivity contribution in [3.8, 4) is 22.9 Å². The molecule has 26 heavy (non-hydrogen) atoms. The number of benzene rings is 2. The molecule has 1 aromatic heterocycles. The largest absolute Gasteiger partial charge is 0.497 e. The van der Waals surface area contributed by atoms with Gasteiger partial charge in [0.25, 0.3) is 0 Å². The van der Waals surface area contributed by atoms with E-state index in [0.29, 0.717) is 17.1 Å². The molecule has 0 saturated carbocycles. The molecule has 7 nitrogen and oxygen atoms in total. The Morgan fingerprint density at radius 1 is 1.12 bits per heavy atom. The molecule has 0 saturated heterocycles. The normalized spacial score (nSPS) is 10.4. The Balaban J connectivity index is 1.68. The predicted molar refractivity (Wildman–Crippen MR) is 90.4 cm³/mol. The Labute approximate surface area is 148 Å². The number of aromatic nitrogens is 2. The highest BCUT2D eigenvalue weighted by atomic mass is 19.1. The molecule has 134 valence electrons. The smallest absolute Gasteiger partial charge is 0.316 e. The van der Waals surface area contributed by atoms with Crippen LogP contribution < -0.4 is 14.8 Å². The molecule has 3 rings (SSSR count). The molecule has 1 heterocycles. The van der Waals surface area contributed by atoms with E-state index < -0.39 is 5.91 Å². The van der Waals surface area contributed by atoms with E-state index in [-0.39, 0.29) is 24.1 Å². The van der Waals surface area contributed by atoms with Crippen molar-refractivity contribution in [3.63, 3.8) is 0 Å². The number of methoxy groups -OCH3 is 2. The van der Waals surface area contributed by atoms with Crippen molar-refractivity contribution in [1.29, 1.82) is 0 Å². The van der Waals surface area contributed by atoms with Gasteiger partial charge >= 0.3 is 11.8 Å². The van der Waals surface area contributed by atoms with E-state index in [0.717, 1.165) is 5.56 Å². The SMILES string of the molecule is COc1cc(CNC(=O)c2nc(-c3ccc(F)cc3)no2)cc(OC)c1. The number of nitrogens with one attached hydrogen (secondary N) is 1. The van der Waals surface area contributed by atoms with Crippen LogP contribution in [-0.4, -0.2) is 30.3 Å². The van der Waals surface area contributed by atoms with Crippen LogP contribution in [0.3, 0.4) is 0 Å². The molecule has 0 aliphatic carbocycles. The molecule has 1 N–H and O–H groups in total. The Kier molecular flexibility index (Phi) is 5.12. The van der Waals surface area contributed by atoms with Gasteiger partial charge in [-0.1, -0.05) is 5.16 Å². The number of amides is 1. The van der Waals surface area contributed by atoms with E-state index in [9.17, 15) is 9.18 Å². The van der Waals surface area contributed by atoms with E-state index in [4.69, 9.17) is 14.0 Å². The van der Waals surface area contributed by atoms with Crippen molar-refractivity contribution in [1.82, 2.24) is 15.5 Å². The number of rotatable bonds is 6. The van der Waals surface area contributed by atoms with E-state index in [1.807, 2.05) is 0 Å². The fourth-order valence-corrected chi connectivity index (χ4v) is 2.26. The molecule has 1 amide bonds. The van der Waals surface area contributed by atoms with Crippen LogP contribution in [-0.2, 0) is 6.54 Å². The van der Waals surface area contributed by atoms with Crippen molar-refractivity contribution in [3.05, 3.63) is 59.7 Å². The molecule has 8 heteroatoms. The molecule has 0 aliphatic heterocycles. The molecule has 0 bridgehead atoms. The van der Waals surface area contributed by atoms with Gasteiger partial charge in [-0.25, -0.2) is 4.39 Å². The first kappa shape index (κ1) is 17.4. The first-order valence-electron chi connectivity index (χ1n) is 7.69. The predicted octanol–water partition coefficient (Wildman–Crippen LogP) is 2.82. The molecule has 0 atom stereocenters. The van der Waals surface area contributed by atoms with Crippen LogP contribution in [0, 0.1) is 5.82 Å². The summed E-state index contributed by atoms with van der Waals surface area (Å²) in [6, 6.07) is 10.9. The molecular formula is C18H16FN3O4. The van der Waals surface area contributed by atoms with Gasteiger partial charge in [0.1, 0.15) is 17.3 Å². The molecule has 2 aromatic carbocycles. The topological polar surface area (TPSA) is 86.5 Å². The van der Waals surface area contributed by atoms with Crippen LogP contribution in [0.5, 0.6) is 11.5 Å². The average molecular weight is 357 g/mol. The Hall–Kier alpha value is -3.42. The lowest BCUT2D eigenvalue weighted by molar-refractivity contribution is 0.0907. The fourth-order valence-electron chi connectivity index (χ4n) is 2.26. The maximum atomic E-state index is 13.0. The van der Waals surface area contributed by atoms with E-state index >= 15 is 0 Å². The summed E-state index contributed by atoms with van der Waals surface area (Å²) in [4.78, 5) is 16.2. The van der Waals surface area contributed by atoms with Gasteiger partial charge in [-0.2, -0.15) is 4.98 Å². The van der Waals surface area contributed by atoms with Gasteiger partial charge in [0.05, 0.1) is 14.2 Å². The Morgan fingerprint density at radius 3 is 2.38 bits per heavy atom. The van der Waals surface area contributed by atoms with Crippen LogP contribution in [0.15, 0.2) is 47.0 Å². The Bertz CT molecular complexity index is 887. The molecule has 0 aliphatic rings. The second kappa shape index (κ2) is 7.64.